The van der Waals surface area contributed by atoms with Crippen molar-refractivity contribution in [2.75, 3.05) is 5.32 Å². The third kappa shape index (κ3) is 3.20. The number of hydrogen-bond donors (Lipinski definition) is 2. The number of aliphatic hydroxyl groups is 1. The zero-order valence-electron chi connectivity index (χ0n) is 16.7. The number of rotatable bonds is 3. The second-order valence-electron chi connectivity index (χ2n) is 7.94. The molecule has 1 unspecified atom stereocenters. The van der Waals surface area contributed by atoms with E-state index in [1.807, 2.05) is 36.4 Å². The number of aromatic nitrogens is 6. The van der Waals surface area contributed by atoms with Gasteiger partial charge in [0.05, 0.1) is 30.5 Å². The van der Waals surface area contributed by atoms with E-state index in [4.69, 9.17) is 0 Å². The largest absolute Gasteiger partial charge is 0.373 e. The predicted molar refractivity (Wildman–Crippen MR) is 117 cm³/mol. The van der Waals surface area contributed by atoms with Gasteiger partial charge >= 0.3 is 0 Å². The second-order valence-corrected chi connectivity index (χ2v) is 8.96. The summed E-state index contributed by atoms with van der Waals surface area (Å²) >= 11 is 2.05. The van der Waals surface area contributed by atoms with Crippen molar-refractivity contribution in [1.82, 2.24) is 29.7 Å². The van der Waals surface area contributed by atoms with Crippen LogP contribution in [-0.4, -0.2) is 41.1 Å². The summed E-state index contributed by atoms with van der Waals surface area (Å²) in [6.07, 6.45) is 1.95. The zero-order valence-corrected chi connectivity index (χ0v) is 18.9. The summed E-state index contributed by atoms with van der Waals surface area (Å²) in [5, 5.41) is 18.0. The van der Waals surface area contributed by atoms with Gasteiger partial charge in [-0.15, -0.1) is 0 Å². The van der Waals surface area contributed by atoms with Crippen LogP contribution in [0, 0.1) is 21.2 Å². The average molecular weight is 553 g/mol. The van der Waals surface area contributed by atoms with Crippen LogP contribution in [0.1, 0.15) is 25.0 Å². The molecule has 164 valence electrons. The van der Waals surface area contributed by atoms with Gasteiger partial charge in [-0.25, -0.2) is 32.8 Å². The van der Waals surface area contributed by atoms with Crippen molar-refractivity contribution in [1.29, 1.82) is 0 Å². The molecule has 2 N–H and O–H groups in total. The van der Waals surface area contributed by atoms with Crippen molar-refractivity contribution < 1.29 is 18.3 Å². The standard InChI is InChI=1S/C20H15F3IN7O/c1-20(2)13-15(24)27-17(28-16(13)29-19(20)32)14-9-3-8(21)4-26-18(9)31(30-14)7-10-11(22)5-25-6-12(10)23/h3-6,19,32H,7H2,1-2H3,(H,27,28,29). The average Bonchev–Trinajstić information content (AvgIpc) is 3.18. The van der Waals surface area contributed by atoms with E-state index >= 15 is 0 Å². The number of nitrogens with zero attached hydrogens (tertiary/aromatic N) is 6. The maximum Gasteiger partial charge on any atom is 0.183 e. The summed E-state index contributed by atoms with van der Waals surface area (Å²) in [7, 11) is 0. The molecule has 8 nitrogen and oxygen atoms in total. The van der Waals surface area contributed by atoms with Crippen LogP contribution >= 0.6 is 22.6 Å². The molecular weight excluding hydrogens is 538 g/mol. The molecule has 0 fully saturated rings. The molecule has 0 aliphatic carbocycles. The van der Waals surface area contributed by atoms with Crippen molar-refractivity contribution >= 4 is 39.4 Å². The first kappa shape index (κ1) is 21.0. The molecule has 0 amide bonds. The number of aliphatic hydroxyl groups excluding tert-OH is 1. The third-order valence-corrected chi connectivity index (χ3v) is 6.27. The van der Waals surface area contributed by atoms with Gasteiger partial charge in [-0.05, 0) is 28.7 Å². The number of halogens is 4. The highest BCUT2D eigenvalue weighted by atomic mass is 127. The molecule has 5 heterocycles. The SMILES string of the molecule is CC1(C)c2c(I)nc(-c3nn(Cc4c(F)cncc4F)c4ncc(F)cc34)nc2NC1O. The van der Waals surface area contributed by atoms with E-state index in [0.29, 0.717) is 9.52 Å². The molecule has 0 spiro atoms. The van der Waals surface area contributed by atoms with Crippen LogP contribution in [0.15, 0.2) is 24.7 Å². The third-order valence-electron chi connectivity index (χ3n) is 5.49. The maximum atomic E-state index is 14.2. The molecule has 5 rings (SSSR count). The predicted octanol–water partition coefficient (Wildman–Crippen LogP) is 3.38. The molecule has 12 heteroatoms. The first-order valence-corrected chi connectivity index (χ1v) is 10.6. The van der Waals surface area contributed by atoms with Crippen molar-refractivity contribution in [3.8, 4) is 11.5 Å². The van der Waals surface area contributed by atoms with Gasteiger partial charge in [-0.1, -0.05) is 13.8 Å². The monoisotopic (exact) mass is 553 g/mol. The Morgan fingerprint density at radius 1 is 1.16 bits per heavy atom. The number of anilines is 1. The quantitative estimate of drug-likeness (QED) is 0.297. The molecule has 1 atom stereocenters. The lowest BCUT2D eigenvalue weighted by molar-refractivity contribution is 0.137. The summed E-state index contributed by atoms with van der Waals surface area (Å²) in [6, 6.07) is 1.22. The summed E-state index contributed by atoms with van der Waals surface area (Å²) in [4.78, 5) is 16.6. The highest BCUT2D eigenvalue weighted by Gasteiger charge is 2.42. The van der Waals surface area contributed by atoms with Crippen molar-refractivity contribution in [3.05, 3.63) is 56.9 Å². The number of nitrogens with one attached hydrogen (secondary N) is 1. The molecule has 4 aromatic heterocycles. The lowest BCUT2D eigenvalue weighted by Crippen LogP contribution is -2.33. The second kappa shape index (κ2) is 7.33. The molecular formula is C20H15F3IN7O. The molecule has 0 bridgehead atoms. The van der Waals surface area contributed by atoms with E-state index in [1.165, 1.54) is 10.7 Å². The van der Waals surface area contributed by atoms with Crippen LogP contribution in [-0.2, 0) is 12.0 Å². The van der Waals surface area contributed by atoms with E-state index in [1.54, 1.807) is 0 Å². The molecule has 1 aliphatic rings. The Balaban J connectivity index is 1.69. The minimum Gasteiger partial charge on any atom is -0.373 e. The molecule has 1 aliphatic heterocycles. The van der Waals surface area contributed by atoms with E-state index in [9.17, 15) is 18.3 Å². The lowest BCUT2D eigenvalue weighted by atomic mass is 9.87. The van der Waals surface area contributed by atoms with Crippen molar-refractivity contribution in [2.24, 2.45) is 0 Å². The first-order chi connectivity index (χ1) is 15.2. The van der Waals surface area contributed by atoms with Gasteiger partial charge in [0.2, 0.25) is 0 Å². The topological polar surface area (TPSA) is 102 Å². The van der Waals surface area contributed by atoms with Gasteiger partial charge in [0, 0.05) is 16.5 Å². The van der Waals surface area contributed by atoms with Crippen LogP contribution < -0.4 is 5.32 Å². The minimum atomic E-state index is -0.860. The molecule has 0 saturated carbocycles. The van der Waals surface area contributed by atoms with Gasteiger partial charge in [-0.3, -0.25) is 4.98 Å². The minimum absolute atomic E-state index is 0.164. The van der Waals surface area contributed by atoms with Crippen molar-refractivity contribution in [3.63, 3.8) is 0 Å². The summed E-state index contributed by atoms with van der Waals surface area (Å²) in [5.74, 6) is -1.67. The highest BCUT2D eigenvalue weighted by Crippen LogP contribution is 2.42. The summed E-state index contributed by atoms with van der Waals surface area (Å²) < 4.78 is 44.2. The van der Waals surface area contributed by atoms with Crippen LogP contribution in [0.5, 0.6) is 0 Å². The highest BCUT2D eigenvalue weighted by molar-refractivity contribution is 14.1. The molecule has 0 radical (unpaired) electrons. The number of hydrogen-bond acceptors (Lipinski definition) is 7. The van der Waals surface area contributed by atoms with Gasteiger partial charge in [0.25, 0.3) is 0 Å². The van der Waals surface area contributed by atoms with Crippen LogP contribution in [0.4, 0.5) is 19.0 Å². The van der Waals surface area contributed by atoms with Gasteiger partial charge in [-0.2, -0.15) is 5.10 Å². The van der Waals surface area contributed by atoms with Gasteiger partial charge in [0.15, 0.2) is 11.5 Å². The maximum absolute atomic E-state index is 14.2. The van der Waals surface area contributed by atoms with E-state index in [0.717, 1.165) is 24.2 Å². The number of fused-ring (bicyclic) bond motifs is 2. The summed E-state index contributed by atoms with van der Waals surface area (Å²) in [6.45, 7) is 3.44. The van der Waals surface area contributed by atoms with Crippen LogP contribution in [0.3, 0.4) is 0 Å². The molecule has 0 aromatic carbocycles. The van der Waals surface area contributed by atoms with E-state index < -0.39 is 29.1 Å². The first-order valence-electron chi connectivity index (χ1n) is 9.49. The van der Waals surface area contributed by atoms with Crippen LogP contribution in [0.25, 0.3) is 22.6 Å². The lowest BCUT2D eigenvalue weighted by Gasteiger charge is -2.22. The smallest absolute Gasteiger partial charge is 0.183 e. The van der Waals surface area contributed by atoms with E-state index in [2.05, 4.69) is 30.4 Å². The summed E-state index contributed by atoms with van der Waals surface area (Å²) in [5.41, 5.74) is 0.296. The van der Waals surface area contributed by atoms with Crippen LogP contribution in [0.2, 0.25) is 0 Å². The fourth-order valence-electron chi connectivity index (χ4n) is 3.71. The Kier molecular flexibility index (Phi) is 4.81. The zero-order chi connectivity index (χ0) is 22.8. The Morgan fingerprint density at radius 2 is 1.88 bits per heavy atom. The fraction of sp³-hybridized carbons (Fsp3) is 0.250. The van der Waals surface area contributed by atoms with Gasteiger partial charge in [0.1, 0.15) is 38.9 Å². The van der Waals surface area contributed by atoms with Gasteiger partial charge < -0.3 is 10.4 Å². The Hall–Kier alpha value is -2.87. The molecule has 32 heavy (non-hydrogen) atoms. The molecule has 0 saturated heterocycles. The number of pyridine rings is 2. The van der Waals surface area contributed by atoms with Crippen molar-refractivity contribution in [2.45, 2.75) is 32.0 Å². The molecule has 4 aromatic rings. The Labute approximate surface area is 193 Å². The Bertz CT molecular complexity index is 1370. The Morgan fingerprint density at radius 3 is 2.59 bits per heavy atom. The normalized spacial score (nSPS) is 16.9. The fourth-order valence-corrected chi connectivity index (χ4v) is 4.89. The van der Waals surface area contributed by atoms with E-state index in [-0.39, 0.29) is 34.7 Å².